The third-order valence-electron chi connectivity index (χ3n) is 2.84. The Bertz CT molecular complexity index is 375. The van der Waals surface area contributed by atoms with E-state index in [2.05, 4.69) is 4.74 Å². The molecule has 0 N–H and O–H groups in total. The van der Waals surface area contributed by atoms with Crippen LogP contribution in [0, 0.1) is 0 Å². The van der Waals surface area contributed by atoms with Gasteiger partial charge in [0.15, 0.2) is 5.79 Å². The lowest BCUT2D eigenvalue weighted by molar-refractivity contribution is -0.144. The van der Waals surface area contributed by atoms with Crippen LogP contribution in [0.5, 0.6) is 0 Å². The Morgan fingerprint density at radius 3 is 2.89 bits per heavy atom. The molecule has 0 amide bonds. The number of thioether (sulfide) groups is 1. The van der Waals surface area contributed by atoms with Crippen LogP contribution in [0.2, 0.25) is 0 Å². The van der Waals surface area contributed by atoms with E-state index in [1.165, 1.54) is 13.2 Å². The number of methoxy groups -OCH3 is 1. The Balaban J connectivity index is 1.89. The van der Waals surface area contributed by atoms with Crippen LogP contribution in [-0.2, 0) is 19.0 Å². The summed E-state index contributed by atoms with van der Waals surface area (Å²) in [5.74, 6) is 0.117. The lowest BCUT2D eigenvalue weighted by Crippen LogP contribution is -2.26. The monoisotopic (exact) mass is 270 g/mol. The standard InChI is InChI=1S/C13H18O4S/c1-13(2)16-9-8-18-10(12(9)17-13)6-4-5-7-11(14)15-3/h4-7,9-10,12H,8H2,1-3H3/b6-4+,7-5+/t9-,10+,12-/m1/s1. The molecular formula is C13H18O4S. The van der Waals surface area contributed by atoms with Gasteiger partial charge >= 0.3 is 5.97 Å². The van der Waals surface area contributed by atoms with Gasteiger partial charge in [-0.3, -0.25) is 0 Å². The zero-order valence-corrected chi connectivity index (χ0v) is 11.6. The minimum absolute atomic E-state index is 0.104. The first-order chi connectivity index (χ1) is 8.52. The van der Waals surface area contributed by atoms with E-state index in [4.69, 9.17) is 9.47 Å². The maximum Gasteiger partial charge on any atom is 0.330 e. The van der Waals surface area contributed by atoms with Gasteiger partial charge < -0.3 is 14.2 Å². The molecule has 5 heteroatoms. The first-order valence-electron chi connectivity index (χ1n) is 5.92. The van der Waals surface area contributed by atoms with Crippen LogP contribution in [-0.4, -0.2) is 42.1 Å². The fourth-order valence-corrected chi connectivity index (χ4v) is 3.40. The zero-order chi connectivity index (χ0) is 13.2. The number of carbonyl (C=O) groups is 1. The number of ether oxygens (including phenoxy) is 3. The number of esters is 1. The molecule has 0 bridgehead atoms. The zero-order valence-electron chi connectivity index (χ0n) is 10.8. The third kappa shape index (κ3) is 3.16. The van der Waals surface area contributed by atoms with Gasteiger partial charge in [-0.25, -0.2) is 4.79 Å². The van der Waals surface area contributed by atoms with E-state index < -0.39 is 5.79 Å². The minimum atomic E-state index is -0.482. The van der Waals surface area contributed by atoms with Crippen LogP contribution in [0.1, 0.15) is 13.8 Å². The molecule has 18 heavy (non-hydrogen) atoms. The quantitative estimate of drug-likeness (QED) is 0.445. The molecule has 0 aliphatic carbocycles. The van der Waals surface area contributed by atoms with Gasteiger partial charge in [-0.15, -0.1) is 11.8 Å². The van der Waals surface area contributed by atoms with Crippen molar-refractivity contribution in [2.75, 3.05) is 12.9 Å². The predicted molar refractivity (Wildman–Crippen MR) is 70.4 cm³/mol. The van der Waals surface area contributed by atoms with Crippen molar-refractivity contribution in [3.05, 3.63) is 24.3 Å². The Kier molecular flexibility index (Phi) is 4.14. The van der Waals surface area contributed by atoms with Crippen LogP contribution in [0.4, 0.5) is 0 Å². The fraction of sp³-hybridized carbons (Fsp3) is 0.615. The number of allylic oxidation sites excluding steroid dienone is 2. The minimum Gasteiger partial charge on any atom is -0.466 e. The molecular weight excluding hydrogens is 252 g/mol. The molecule has 0 spiro atoms. The van der Waals surface area contributed by atoms with Crippen molar-refractivity contribution in [3.8, 4) is 0 Å². The van der Waals surface area contributed by atoms with E-state index >= 15 is 0 Å². The van der Waals surface area contributed by atoms with Crippen molar-refractivity contribution in [1.29, 1.82) is 0 Å². The second kappa shape index (κ2) is 5.47. The topological polar surface area (TPSA) is 44.8 Å². The molecule has 2 saturated heterocycles. The molecule has 0 saturated carbocycles. The van der Waals surface area contributed by atoms with Gasteiger partial charge in [0.05, 0.1) is 18.5 Å². The van der Waals surface area contributed by atoms with Gasteiger partial charge in [-0.1, -0.05) is 18.2 Å². The van der Waals surface area contributed by atoms with Crippen LogP contribution >= 0.6 is 11.8 Å². The van der Waals surface area contributed by atoms with Crippen LogP contribution in [0.25, 0.3) is 0 Å². The van der Waals surface area contributed by atoms with E-state index in [9.17, 15) is 4.79 Å². The van der Waals surface area contributed by atoms with E-state index in [0.29, 0.717) is 0 Å². The molecule has 4 nitrogen and oxygen atoms in total. The average molecular weight is 270 g/mol. The predicted octanol–water partition coefficient (Wildman–Crippen LogP) is 1.91. The molecule has 0 unspecified atom stereocenters. The van der Waals surface area contributed by atoms with Crippen LogP contribution in [0.15, 0.2) is 24.3 Å². The summed E-state index contributed by atoms with van der Waals surface area (Å²) < 4.78 is 16.2. The van der Waals surface area contributed by atoms with Crippen molar-refractivity contribution < 1.29 is 19.0 Å². The van der Waals surface area contributed by atoms with E-state index in [0.717, 1.165) is 5.75 Å². The van der Waals surface area contributed by atoms with Gasteiger partial charge in [-0.05, 0) is 13.8 Å². The molecule has 0 radical (unpaired) electrons. The highest BCUT2D eigenvalue weighted by molar-refractivity contribution is 8.00. The Morgan fingerprint density at radius 1 is 1.39 bits per heavy atom. The summed E-state index contributed by atoms with van der Waals surface area (Å²) in [5, 5.41) is 0.277. The van der Waals surface area contributed by atoms with Crippen molar-refractivity contribution in [3.63, 3.8) is 0 Å². The summed E-state index contributed by atoms with van der Waals surface area (Å²) in [6.07, 6.45) is 7.24. The van der Waals surface area contributed by atoms with E-state index in [1.54, 1.807) is 6.08 Å². The van der Waals surface area contributed by atoms with Gasteiger partial charge in [0.25, 0.3) is 0 Å². The number of fused-ring (bicyclic) bond motifs is 1. The Labute approximate surface area is 111 Å². The molecule has 0 aromatic carbocycles. The van der Waals surface area contributed by atoms with Crippen molar-refractivity contribution in [1.82, 2.24) is 0 Å². The Hall–Kier alpha value is -0.780. The van der Waals surface area contributed by atoms with E-state index in [1.807, 2.05) is 37.8 Å². The number of rotatable bonds is 3. The lowest BCUT2D eigenvalue weighted by Gasteiger charge is -2.19. The first kappa shape index (κ1) is 13.6. The molecule has 2 fully saturated rings. The summed E-state index contributed by atoms with van der Waals surface area (Å²) in [4.78, 5) is 10.9. The number of hydrogen-bond acceptors (Lipinski definition) is 5. The van der Waals surface area contributed by atoms with Gasteiger partial charge in [0.1, 0.15) is 6.10 Å². The largest absolute Gasteiger partial charge is 0.466 e. The SMILES string of the molecule is COC(=O)/C=C/C=C/[C@@H]1SC[C@H]2OC(C)(C)O[C@@H]12. The van der Waals surface area contributed by atoms with Crippen molar-refractivity contribution in [2.45, 2.75) is 37.1 Å². The summed E-state index contributed by atoms with van der Waals surface area (Å²) in [6, 6.07) is 0. The van der Waals surface area contributed by atoms with Crippen molar-refractivity contribution >= 4 is 17.7 Å². The normalized spacial score (nSPS) is 34.3. The molecule has 0 aromatic rings. The molecule has 2 aliphatic heterocycles. The molecule has 3 atom stereocenters. The Morgan fingerprint density at radius 2 is 2.17 bits per heavy atom. The lowest BCUT2D eigenvalue weighted by atomic mass is 10.1. The summed E-state index contributed by atoms with van der Waals surface area (Å²) in [7, 11) is 1.36. The summed E-state index contributed by atoms with van der Waals surface area (Å²) in [6.45, 7) is 3.88. The van der Waals surface area contributed by atoms with Gasteiger partial charge in [-0.2, -0.15) is 0 Å². The second-order valence-corrected chi connectivity index (χ2v) is 5.91. The van der Waals surface area contributed by atoms with Gasteiger partial charge in [0.2, 0.25) is 0 Å². The van der Waals surface area contributed by atoms with Crippen LogP contribution < -0.4 is 0 Å². The first-order valence-corrected chi connectivity index (χ1v) is 6.97. The smallest absolute Gasteiger partial charge is 0.330 e. The third-order valence-corrected chi connectivity index (χ3v) is 4.17. The average Bonchev–Trinajstić information content (AvgIpc) is 2.80. The van der Waals surface area contributed by atoms with Crippen molar-refractivity contribution in [2.24, 2.45) is 0 Å². The van der Waals surface area contributed by atoms with E-state index in [-0.39, 0.29) is 23.4 Å². The van der Waals surface area contributed by atoms with Gasteiger partial charge in [0, 0.05) is 11.8 Å². The number of carbonyl (C=O) groups excluding carboxylic acids is 1. The molecule has 100 valence electrons. The highest BCUT2D eigenvalue weighted by Crippen LogP contribution is 2.41. The highest BCUT2D eigenvalue weighted by Gasteiger charge is 2.48. The highest BCUT2D eigenvalue weighted by atomic mass is 32.2. The van der Waals surface area contributed by atoms with Crippen LogP contribution in [0.3, 0.4) is 0 Å². The maximum absolute atomic E-state index is 10.9. The second-order valence-electron chi connectivity index (χ2n) is 4.70. The molecule has 2 heterocycles. The number of hydrogen-bond donors (Lipinski definition) is 0. The summed E-state index contributed by atoms with van der Waals surface area (Å²) in [5.41, 5.74) is 0. The molecule has 0 aromatic heterocycles. The molecule has 2 aliphatic rings. The summed E-state index contributed by atoms with van der Waals surface area (Å²) >= 11 is 1.81. The maximum atomic E-state index is 10.9. The fourth-order valence-electron chi connectivity index (χ4n) is 2.11. The molecule has 2 rings (SSSR count).